The highest BCUT2D eigenvalue weighted by Crippen LogP contribution is 2.36. The first-order valence-electron chi connectivity index (χ1n) is 6.23. The van der Waals surface area contributed by atoms with E-state index in [0.717, 1.165) is 24.1 Å². The summed E-state index contributed by atoms with van der Waals surface area (Å²) in [5.41, 5.74) is 2.65. The van der Waals surface area contributed by atoms with Crippen LogP contribution in [0.2, 0.25) is 0 Å². The molecule has 1 aromatic carbocycles. The molecule has 1 saturated heterocycles. The predicted octanol–water partition coefficient (Wildman–Crippen LogP) is 3.16. The average molecular weight is 251 g/mol. The molecule has 94 valence electrons. The minimum Gasteiger partial charge on any atom is -0.496 e. The number of rotatable bonds is 3. The Labute approximate surface area is 108 Å². The number of piperidine rings is 1. The Bertz CT molecular complexity index is 386. The normalized spacial score (nSPS) is 17.1. The Hall–Kier alpha value is -0.670. The van der Waals surface area contributed by atoms with Gasteiger partial charge in [-0.25, -0.2) is 0 Å². The lowest BCUT2D eigenvalue weighted by Gasteiger charge is -2.23. The van der Waals surface area contributed by atoms with Gasteiger partial charge in [-0.05, 0) is 63.0 Å². The highest BCUT2D eigenvalue weighted by atomic mass is 32.2. The molecule has 1 aromatic rings. The Morgan fingerprint density at radius 3 is 2.47 bits per heavy atom. The number of thioether (sulfide) groups is 1. The zero-order chi connectivity index (χ0) is 12.3. The van der Waals surface area contributed by atoms with Crippen molar-refractivity contribution in [2.45, 2.75) is 36.8 Å². The maximum Gasteiger partial charge on any atom is 0.132 e. The van der Waals surface area contributed by atoms with Crippen molar-refractivity contribution in [3.63, 3.8) is 0 Å². The number of ether oxygens (including phenoxy) is 1. The third-order valence-corrected chi connectivity index (χ3v) is 4.74. The fourth-order valence-electron chi connectivity index (χ4n) is 2.11. The Morgan fingerprint density at radius 2 is 1.82 bits per heavy atom. The van der Waals surface area contributed by atoms with E-state index in [4.69, 9.17) is 4.74 Å². The number of aryl methyl sites for hydroxylation is 2. The van der Waals surface area contributed by atoms with Gasteiger partial charge in [0, 0.05) is 10.1 Å². The molecular formula is C14H21NOS. The van der Waals surface area contributed by atoms with Crippen LogP contribution < -0.4 is 10.1 Å². The predicted molar refractivity (Wildman–Crippen MR) is 74.2 cm³/mol. The van der Waals surface area contributed by atoms with Gasteiger partial charge in [-0.2, -0.15) is 0 Å². The number of hydrogen-bond acceptors (Lipinski definition) is 3. The second-order valence-corrected chi connectivity index (χ2v) is 6.00. The van der Waals surface area contributed by atoms with Crippen LogP contribution >= 0.6 is 11.8 Å². The molecule has 0 aliphatic carbocycles. The highest BCUT2D eigenvalue weighted by Gasteiger charge is 2.16. The van der Waals surface area contributed by atoms with Crippen LogP contribution in [0.25, 0.3) is 0 Å². The van der Waals surface area contributed by atoms with Gasteiger partial charge in [-0.1, -0.05) is 0 Å². The summed E-state index contributed by atoms with van der Waals surface area (Å²) in [4.78, 5) is 1.29. The molecule has 2 nitrogen and oxygen atoms in total. The second-order valence-electron chi connectivity index (χ2n) is 4.65. The van der Waals surface area contributed by atoms with Crippen LogP contribution in [0.1, 0.15) is 24.0 Å². The maximum absolute atomic E-state index is 5.49. The van der Waals surface area contributed by atoms with E-state index in [1.807, 2.05) is 11.8 Å². The molecule has 3 heteroatoms. The Balaban J connectivity index is 2.15. The van der Waals surface area contributed by atoms with Crippen molar-refractivity contribution >= 4 is 11.8 Å². The van der Waals surface area contributed by atoms with Crippen LogP contribution in [0.4, 0.5) is 0 Å². The van der Waals surface area contributed by atoms with Crippen molar-refractivity contribution in [2.24, 2.45) is 0 Å². The summed E-state index contributed by atoms with van der Waals surface area (Å²) in [7, 11) is 1.76. The summed E-state index contributed by atoms with van der Waals surface area (Å²) in [6.07, 6.45) is 2.50. The van der Waals surface area contributed by atoms with E-state index >= 15 is 0 Å². The number of methoxy groups -OCH3 is 1. The van der Waals surface area contributed by atoms with Crippen molar-refractivity contribution in [3.05, 3.63) is 23.3 Å². The quantitative estimate of drug-likeness (QED) is 0.891. The molecule has 2 rings (SSSR count). The molecule has 0 unspecified atom stereocenters. The van der Waals surface area contributed by atoms with E-state index in [0.29, 0.717) is 0 Å². The lowest BCUT2D eigenvalue weighted by atomic mass is 10.1. The van der Waals surface area contributed by atoms with Crippen LogP contribution in [0.3, 0.4) is 0 Å². The zero-order valence-corrected chi connectivity index (χ0v) is 11.7. The topological polar surface area (TPSA) is 21.3 Å². The minimum absolute atomic E-state index is 0.729. The van der Waals surface area contributed by atoms with Crippen LogP contribution in [-0.4, -0.2) is 25.4 Å². The smallest absolute Gasteiger partial charge is 0.132 e. The third-order valence-electron chi connectivity index (χ3n) is 3.36. The first kappa shape index (κ1) is 12.8. The summed E-state index contributed by atoms with van der Waals surface area (Å²) in [5.74, 6) is 1.02. The zero-order valence-electron chi connectivity index (χ0n) is 10.9. The molecule has 1 heterocycles. The summed E-state index contributed by atoms with van der Waals surface area (Å²) in [6.45, 7) is 6.59. The number of nitrogens with one attached hydrogen (secondary N) is 1. The van der Waals surface area contributed by atoms with Crippen molar-refractivity contribution < 1.29 is 4.74 Å². The van der Waals surface area contributed by atoms with Crippen LogP contribution in [-0.2, 0) is 0 Å². The molecule has 1 aliphatic rings. The van der Waals surface area contributed by atoms with Gasteiger partial charge < -0.3 is 10.1 Å². The Kier molecular flexibility index (Phi) is 4.35. The van der Waals surface area contributed by atoms with Gasteiger partial charge in [-0.15, -0.1) is 11.8 Å². The van der Waals surface area contributed by atoms with Gasteiger partial charge in [0.15, 0.2) is 0 Å². The monoisotopic (exact) mass is 251 g/mol. The van der Waals surface area contributed by atoms with Crippen LogP contribution in [0.15, 0.2) is 17.0 Å². The molecule has 0 spiro atoms. The van der Waals surface area contributed by atoms with Gasteiger partial charge in [-0.3, -0.25) is 0 Å². The molecule has 1 fully saturated rings. The number of benzene rings is 1. The summed E-state index contributed by atoms with van der Waals surface area (Å²) >= 11 is 1.97. The second kappa shape index (κ2) is 5.78. The largest absolute Gasteiger partial charge is 0.496 e. The SMILES string of the molecule is COc1cc(C)c(C)cc1SC1CCNCC1. The minimum atomic E-state index is 0.729. The van der Waals surface area contributed by atoms with E-state index in [2.05, 4.69) is 31.3 Å². The molecule has 0 atom stereocenters. The molecular weight excluding hydrogens is 230 g/mol. The van der Waals surface area contributed by atoms with Gasteiger partial charge in [0.2, 0.25) is 0 Å². The molecule has 1 aliphatic heterocycles. The number of hydrogen-bond donors (Lipinski definition) is 1. The van der Waals surface area contributed by atoms with Crippen molar-refractivity contribution in [2.75, 3.05) is 20.2 Å². The molecule has 0 bridgehead atoms. The van der Waals surface area contributed by atoms with Crippen molar-refractivity contribution in [3.8, 4) is 5.75 Å². The van der Waals surface area contributed by atoms with Gasteiger partial charge >= 0.3 is 0 Å². The fraction of sp³-hybridized carbons (Fsp3) is 0.571. The van der Waals surface area contributed by atoms with Gasteiger partial charge in [0.25, 0.3) is 0 Å². The van der Waals surface area contributed by atoms with E-state index in [1.165, 1.54) is 28.9 Å². The van der Waals surface area contributed by atoms with E-state index < -0.39 is 0 Å². The molecule has 0 saturated carbocycles. The van der Waals surface area contributed by atoms with Crippen molar-refractivity contribution in [1.29, 1.82) is 0 Å². The van der Waals surface area contributed by atoms with Crippen LogP contribution in [0.5, 0.6) is 5.75 Å². The molecule has 0 aromatic heterocycles. The van der Waals surface area contributed by atoms with Gasteiger partial charge in [0.05, 0.1) is 7.11 Å². The third kappa shape index (κ3) is 3.17. The Morgan fingerprint density at radius 1 is 1.18 bits per heavy atom. The van der Waals surface area contributed by atoms with E-state index in [-0.39, 0.29) is 0 Å². The van der Waals surface area contributed by atoms with Crippen molar-refractivity contribution in [1.82, 2.24) is 5.32 Å². The standard InChI is InChI=1S/C14H21NOS/c1-10-8-13(16-3)14(9-11(10)2)17-12-4-6-15-7-5-12/h8-9,12,15H,4-7H2,1-3H3. The van der Waals surface area contributed by atoms with Gasteiger partial charge in [0.1, 0.15) is 5.75 Å². The van der Waals surface area contributed by atoms with E-state index in [1.54, 1.807) is 7.11 Å². The first-order valence-corrected chi connectivity index (χ1v) is 7.11. The van der Waals surface area contributed by atoms with Crippen LogP contribution in [0, 0.1) is 13.8 Å². The summed E-state index contributed by atoms with van der Waals surface area (Å²) in [6, 6.07) is 4.42. The highest BCUT2D eigenvalue weighted by molar-refractivity contribution is 8.00. The maximum atomic E-state index is 5.49. The fourth-order valence-corrected chi connectivity index (χ4v) is 3.44. The molecule has 0 radical (unpaired) electrons. The van der Waals surface area contributed by atoms with E-state index in [9.17, 15) is 0 Å². The molecule has 17 heavy (non-hydrogen) atoms. The first-order chi connectivity index (χ1) is 8.20. The summed E-state index contributed by atoms with van der Waals surface area (Å²) < 4.78 is 5.49. The molecule has 0 amide bonds. The lowest BCUT2D eigenvalue weighted by molar-refractivity contribution is 0.404. The lowest BCUT2D eigenvalue weighted by Crippen LogP contribution is -2.29. The summed E-state index contributed by atoms with van der Waals surface area (Å²) in [5, 5.41) is 4.13. The molecule has 1 N–H and O–H groups in total. The average Bonchev–Trinajstić information content (AvgIpc) is 2.35.